The molecule has 0 aliphatic heterocycles. The summed E-state index contributed by atoms with van der Waals surface area (Å²) in [6.07, 6.45) is 1.35. The summed E-state index contributed by atoms with van der Waals surface area (Å²) in [7, 11) is 0. The fourth-order valence-corrected chi connectivity index (χ4v) is 1.33. The summed E-state index contributed by atoms with van der Waals surface area (Å²) in [5.74, 6) is 0.136. The largest absolute Gasteiger partial charge is 0.305 e. The molecule has 2 aromatic heterocycles. The maximum absolute atomic E-state index is 11.6. The van der Waals surface area contributed by atoms with Crippen molar-refractivity contribution in [1.82, 2.24) is 20.4 Å². The van der Waals surface area contributed by atoms with Crippen LogP contribution in [0.3, 0.4) is 0 Å². The van der Waals surface area contributed by atoms with Crippen molar-refractivity contribution in [3.8, 4) is 0 Å². The molecule has 0 saturated carbocycles. The zero-order valence-electron chi connectivity index (χ0n) is 8.36. The summed E-state index contributed by atoms with van der Waals surface area (Å²) in [5.41, 5.74) is 1.03. The summed E-state index contributed by atoms with van der Waals surface area (Å²) in [4.78, 5) is 15.8. The second-order valence-electron chi connectivity index (χ2n) is 3.07. The Kier molecular flexibility index (Phi) is 2.95. The quantitative estimate of drug-likeness (QED) is 0.874. The Hall–Kier alpha value is -1.76. The number of aryl methyl sites for hydroxylation is 1. The third kappa shape index (κ3) is 2.25. The molecular formula is C9H8BrN5O. The number of hydrogen-bond acceptors (Lipinski definition) is 4. The Bertz CT molecular complexity index is 511. The summed E-state index contributed by atoms with van der Waals surface area (Å²) in [6, 6.07) is 3.52. The van der Waals surface area contributed by atoms with Gasteiger partial charge in [-0.3, -0.25) is 4.79 Å². The van der Waals surface area contributed by atoms with Gasteiger partial charge in [0.15, 0.2) is 5.69 Å². The molecule has 2 rings (SSSR count). The van der Waals surface area contributed by atoms with Gasteiger partial charge in [0.2, 0.25) is 0 Å². The predicted octanol–water partition coefficient (Wildman–Crippen LogP) is 1.52. The van der Waals surface area contributed by atoms with Gasteiger partial charge < -0.3 is 5.32 Å². The van der Waals surface area contributed by atoms with E-state index in [0.29, 0.717) is 5.82 Å². The molecule has 6 nitrogen and oxygen atoms in total. The van der Waals surface area contributed by atoms with Crippen molar-refractivity contribution < 1.29 is 4.79 Å². The third-order valence-corrected chi connectivity index (χ3v) is 2.75. The highest BCUT2D eigenvalue weighted by molar-refractivity contribution is 9.10. The van der Waals surface area contributed by atoms with Gasteiger partial charge >= 0.3 is 0 Å². The first-order chi connectivity index (χ1) is 7.66. The number of pyridine rings is 1. The third-order valence-electron chi connectivity index (χ3n) is 1.91. The van der Waals surface area contributed by atoms with E-state index in [1.165, 1.54) is 6.20 Å². The molecule has 0 aliphatic carbocycles. The highest BCUT2D eigenvalue weighted by atomic mass is 79.9. The first-order valence-corrected chi connectivity index (χ1v) is 5.26. The number of aromatic nitrogens is 4. The van der Waals surface area contributed by atoms with E-state index in [9.17, 15) is 4.79 Å². The molecule has 0 unspecified atom stereocenters. The van der Waals surface area contributed by atoms with Gasteiger partial charge in [0.05, 0.1) is 11.9 Å². The summed E-state index contributed by atoms with van der Waals surface area (Å²) < 4.78 is 0.895. The number of nitrogens with zero attached hydrogens (tertiary/aromatic N) is 3. The Morgan fingerprint density at radius 2 is 2.31 bits per heavy atom. The van der Waals surface area contributed by atoms with E-state index in [1.807, 2.05) is 13.0 Å². The van der Waals surface area contributed by atoms with E-state index in [0.717, 1.165) is 10.2 Å². The molecule has 1 amide bonds. The van der Waals surface area contributed by atoms with E-state index in [4.69, 9.17) is 0 Å². The molecule has 0 spiro atoms. The van der Waals surface area contributed by atoms with Crippen molar-refractivity contribution in [3.63, 3.8) is 0 Å². The molecule has 7 heteroatoms. The SMILES string of the molecule is Cc1nc(NC(=O)c2cn[nH]n2)ccc1Br. The van der Waals surface area contributed by atoms with Crippen LogP contribution in [-0.2, 0) is 0 Å². The lowest BCUT2D eigenvalue weighted by molar-refractivity contribution is 0.102. The molecule has 2 N–H and O–H groups in total. The molecule has 2 aromatic rings. The fraction of sp³-hybridized carbons (Fsp3) is 0.111. The van der Waals surface area contributed by atoms with E-state index in [-0.39, 0.29) is 11.6 Å². The first kappa shape index (κ1) is 10.7. The predicted molar refractivity (Wildman–Crippen MR) is 61.0 cm³/mol. The van der Waals surface area contributed by atoms with Gasteiger partial charge in [0, 0.05) is 4.47 Å². The van der Waals surface area contributed by atoms with Gasteiger partial charge in [-0.2, -0.15) is 15.4 Å². The average molecular weight is 282 g/mol. The normalized spacial score (nSPS) is 10.1. The van der Waals surface area contributed by atoms with Gasteiger partial charge in [-0.15, -0.1) is 0 Å². The van der Waals surface area contributed by atoms with Gasteiger partial charge in [-0.1, -0.05) is 0 Å². The zero-order chi connectivity index (χ0) is 11.5. The topological polar surface area (TPSA) is 83.6 Å². The molecule has 0 aliphatic rings. The number of hydrogen-bond donors (Lipinski definition) is 2. The van der Waals surface area contributed by atoms with Crippen molar-refractivity contribution >= 4 is 27.7 Å². The lowest BCUT2D eigenvalue weighted by atomic mass is 10.3. The van der Waals surface area contributed by atoms with Crippen LogP contribution in [0.15, 0.2) is 22.8 Å². The molecule has 0 bridgehead atoms. The van der Waals surface area contributed by atoms with Crippen LogP contribution in [0.5, 0.6) is 0 Å². The minimum Gasteiger partial charge on any atom is -0.305 e. The van der Waals surface area contributed by atoms with Crippen molar-refractivity contribution in [1.29, 1.82) is 0 Å². The molecule has 0 aromatic carbocycles. The van der Waals surface area contributed by atoms with Crippen LogP contribution in [0.2, 0.25) is 0 Å². The van der Waals surface area contributed by atoms with Crippen LogP contribution < -0.4 is 5.32 Å². The van der Waals surface area contributed by atoms with Gasteiger partial charge in [-0.25, -0.2) is 4.98 Å². The Morgan fingerprint density at radius 1 is 1.50 bits per heavy atom. The number of nitrogens with one attached hydrogen (secondary N) is 2. The number of halogens is 1. The lowest BCUT2D eigenvalue weighted by Gasteiger charge is -2.03. The Labute approximate surface area is 99.6 Å². The average Bonchev–Trinajstić information content (AvgIpc) is 2.77. The van der Waals surface area contributed by atoms with E-state index < -0.39 is 0 Å². The number of carbonyl (C=O) groups excluding carboxylic acids is 1. The fourth-order valence-electron chi connectivity index (χ4n) is 1.11. The van der Waals surface area contributed by atoms with Crippen LogP contribution in [0.4, 0.5) is 5.82 Å². The number of anilines is 1. The number of rotatable bonds is 2. The van der Waals surface area contributed by atoms with Crippen LogP contribution in [0, 0.1) is 6.92 Å². The second-order valence-corrected chi connectivity index (χ2v) is 3.93. The van der Waals surface area contributed by atoms with Crippen LogP contribution >= 0.6 is 15.9 Å². The minimum absolute atomic E-state index is 0.224. The number of amides is 1. The van der Waals surface area contributed by atoms with Crippen molar-refractivity contribution in [3.05, 3.63) is 34.2 Å². The Balaban J connectivity index is 2.15. The van der Waals surface area contributed by atoms with Gasteiger partial charge in [0.25, 0.3) is 5.91 Å². The van der Waals surface area contributed by atoms with Crippen molar-refractivity contribution in [2.24, 2.45) is 0 Å². The van der Waals surface area contributed by atoms with Crippen molar-refractivity contribution in [2.45, 2.75) is 6.92 Å². The number of H-pyrrole nitrogens is 1. The summed E-state index contributed by atoms with van der Waals surface area (Å²) in [6.45, 7) is 1.84. The first-order valence-electron chi connectivity index (χ1n) is 4.47. The summed E-state index contributed by atoms with van der Waals surface area (Å²) in [5, 5.41) is 12.2. The highest BCUT2D eigenvalue weighted by Gasteiger charge is 2.09. The second kappa shape index (κ2) is 4.40. The standard InChI is InChI=1S/C9H8BrN5O/c1-5-6(10)2-3-8(12-5)13-9(16)7-4-11-15-14-7/h2-4H,1H3,(H,11,14,15)(H,12,13,16). The minimum atomic E-state index is -0.344. The van der Waals surface area contributed by atoms with Crippen LogP contribution in [0.25, 0.3) is 0 Å². The molecule has 0 saturated heterocycles. The van der Waals surface area contributed by atoms with Crippen molar-refractivity contribution in [2.75, 3.05) is 5.32 Å². The number of carbonyl (C=O) groups is 1. The van der Waals surface area contributed by atoms with E-state index in [2.05, 4.69) is 41.6 Å². The molecule has 82 valence electrons. The monoisotopic (exact) mass is 281 g/mol. The maximum atomic E-state index is 11.6. The molecule has 2 heterocycles. The zero-order valence-corrected chi connectivity index (χ0v) is 9.95. The summed E-state index contributed by atoms with van der Waals surface area (Å²) >= 11 is 3.33. The number of aromatic amines is 1. The lowest BCUT2D eigenvalue weighted by Crippen LogP contribution is -2.13. The van der Waals surface area contributed by atoms with Crippen LogP contribution in [-0.4, -0.2) is 26.3 Å². The van der Waals surface area contributed by atoms with E-state index in [1.54, 1.807) is 6.07 Å². The highest BCUT2D eigenvalue weighted by Crippen LogP contribution is 2.16. The molecule has 0 fully saturated rings. The van der Waals surface area contributed by atoms with Crippen LogP contribution in [0.1, 0.15) is 16.2 Å². The maximum Gasteiger partial charge on any atom is 0.278 e. The van der Waals surface area contributed by atoms with Gasteiger partial charge in [-0.05, 0) is 35.0 Å². The molecule has 0 atom stereocenters. The molecule has 0 radical (unpaired) electrons. The van der Waals surface area contributed by atoms with Gasteiger partial charge in [0.1, 0.15) is 5.82 Å². The van der Waals surface area contributed by atoms with E-state index >= 15 is 0 Å². The Morgan fingerprint density at radius 3 is 2.94 bits per heavy atom. The molecular weight excluding hydrogens is 274 g/mol. The molecule has 16 heavy (non-hydrogen) atoms. The smallest absolute Gasteiger partial charge is 0.278 e.